The van der Waals surface area contributed by atoms with Gasteiger partial charge in [0.1, 0.15) is 18.0 Å². The highest BCUT2D eigenvalue weighted by Crippen LogP contribution is 2.21. The van der Waals surface area contributed by atoms with Gasteiger partial charge in [0.15, 0.2) is 0 Å². The number of benzene rings is 1. The largest absolute Gasteiger partial charge is 0.383 e. The Hall–Kier alpha value is -2.10. The number of nitrogen functional groups attached to an aromatic ring is 1. The van der Waals surface area contributed by atoms with Crippen LogP contribution in [0.3, 0.4) is 0 Å². The standard InChI is InChI=1S/C15H20N4/c1-3-4-5-12-6-8-13(9-7-12)19-15-11(2)14(16)17-10-18-15/h6-10H,3-5H2,1-2H3,(H3,16,17,18,19). The highest BCUT2D eigenvalue weighted by molar-refractivity contribution is 5.63. The van der Waals surface area contributed by atoms with Gasteiger partial charge in [0, 0.05) is 11.3 Å². The molecule has 0 aliphatic carbocycles. The lowest BCUT2D eigenvalue weighted by molar-refractivity contribution is 0.795. The van der Waals surface area contributed by atoms with Gasteiger partial charge in [0.25, 0.3) is 0 Å². The summed E-state index contributed by atoms with van der Waals surface area (Å²) in [5, 5.41) is 3.27. The Morgan fingerprint density at radius 1 is 1.16 bits per heavy atom. The molecule has 0 aliphatic heterocycles. The van der Waals surface area contributed by atoms with Crippen molar-refractivity contribution in [2.75, 3.05) is 11.1 Å². The fraction of sp³-hybridized carbons (Fsp3) is 0.333. The van der Waals surface area contributed by atoms with Crippen LogP contribution in [-0.4, -0.2) is 9.97 Å². The van der Waals surface area contributed by atoms with Gasteiger partial charge in [-0.25, -0.2) is 9.97 Å². The van der Waals surface area contributed by atoms with Crippen LogP contribution in [0.15, 0.2) is 30.6 Å². The van der Waals surface area contributed by atoms with E-state index >= 15 is 0 Å². The molecule has 0 saturated carbocycles. The zero-order chi connectivity index (χ0) is 13.7. The molecule has 0 radical (unpaired) electrons. The third-order valence-corrected chi connectivity index (χ3v) is 3.16. The van der Waals surface area contributed by atoms with E-state index in [4.69, 9.17) is 5.73 Å². The number of aryl methyl sites for hydroxylation is 1. The highest BCUT2D eigenvalue weighted by atomic mass is 15.0. The van der Waals surface area contributed by atoms with Crippen LogP contribution in [0.5, 0.6) is 0 Å². The van der Waals surface area contributed by atoms with Gasteiger partial charge < -0.3 is 11.1 Å². The molecule has 2 aromatic rings. The van der Waals surface area contributed by atoms with Crippen LogP contribution in [-0.2, 0) is 6.42 Å². The first-order valence-electron chi connectivity index (χ1n) is 6.63. The molecule has 100 valence electrons. The Kier molecular flexibility index (Phi) is 4.34. The molecule has 0 atom stereocenters. The minimum absolute atomic E-state index is 0.511. The van der Waals surface area contributed by atoms with Crippen LogP contribution in [0.25, 0.3) is 0 Å². The van der Waals surface area contributed by atoms with Crippen LogP contribution in [0.4, 0.5) is 17.3 Å². The smallest absolute Gasteiger partial charge is 0.138 e. The molecule has 3 N–H and O–H groups in total. The predicted octanol–water partition coefficient (Wildman–Crippen LogP) is 3.45. The maximum absolute atomic E-state index is 5.76. The minimum atomic E-state index is 0.511. The summed E-state index contributed by atoms with van der Waals surface area (Å²) in [6.45, 7) is 4.12. The monoisotopic (exact) mass is 256 g/mol. The lowest BCUT2D eigenvalue weighted by Crippen LogP contribution is -2.02. The number of hydrogen-bond donors (Lipinski definition) is 2. The second-order valence-electron chi connectivity index (χ2n) is 4.66. The van der Waals surface area contributed by atoms with Crippen molar-refractivity contribution in [2.24, 2.45) is 0 Å². The van der Waals surface area contributed by atoms with E-state index < -0.39 is 0 Å². The Balaban J connectivity index is 2.09. The van der Waals surface area contributed by atoms with Crippen molar-refractivity contribution in [3.63, 3.8) is 0 Å². The van der Waals surface area contributed by atoms with Gasteiger partial charge in [0.05, 0.1) is 0 Å². The molecule has 1 heterocycles. The molecule has 0 spiro atoms. The molecule has 19 heavy (non-hydrogen) atoms. The van der Waals surface area contributed by atoms with E-state index in [-0.39, 0.29) is 0 Å². The van der Waals surface area contributed by atoms with Crippen LogP contribution >= 0.6 is 0 Å². The molecular weight excluding hydrogens is 236 g/mol. The third-order valence-electron chi connectivity index (χ3n) is 3.16. The number of anilines is 3. The first-order valence-corrected chi connectivity index (χ1v) is 6.63. The quantitative estimate of drug-likeness (QED) is 0.860. The van der Waals surface area contributed by atoms with Crippen molar-refractivity contribution in [2.45, 2.75) is 33.1 Å². The van der Waals surface area contributed by atoms with E-state index in [0.29, 0.717) is 5.82 Å². The van der Waals surface area contributed by atoms with Crippen molar-refractivity contribution in [3.8, 4) is 0 Å². The van der Waals surface area contributed by atoms with E-state index in [0.717, 1.165) is 23.5 Å². The van der Waals surface area contributed by atoms with Crippen LogP contribution < -0.4 is 11.1 Å². The minimum Gasteiger partial charge on any atom is -0.383 e. The second-order valence-corrected chi connectivity index (χ2v) is 4.66. The SMILES string of the molecule is CCCCc1ccc(Nc2ncnc(N)c2C)cc1. The van der Waals surface area contributed by atoms with E-state index in [9.17, 15) is 0 Å². The molecule has 1 aromatic carbocycles. The third kappa shape index (κ3) is 3.44. The molecule has 0 amide bonds. The fourth-order valence-corrected chi connectivity index (χ4v) is 1.86. The summed E-state index contributed by atoms with van der Waals surface area (Å²) in [5.41, 5.74) is 9.02. The molecule has 4 heteroatoms. The number of aromatic nitrogens is 2. The average Bonchev–Trinajstić information content (AvgIpc) is 2.43. The van der Waals surface area contributed by atoms with Crippen molar-refractivity contribution >= 4 is 17.3 Å². The zero-order valence-electron chi connectivity index (χ0n) is 11.5. The second kappa shape index (κ2) is 6.18. The van der Waals surface area contributed by atoms with Crippen molar-refractivity contribution in [1.82, 2.24) is 9.97 Å². The fourth-order valence-electron chi connectivity index (χ4n) is 1.86. The summed E-state index contributed by atoms with van der Waals surface area (Å²) < 4.78 is 0. The van der Waals surface area contributed by atoms with Gasteiger partial charge in [-0.2, -0.15) is 0 Å². The average molecular weight is 256 g/mol. The molecule has 2 rings (SSSR count). The lowest BCUT2D eigenvalue weighted by Gasteiger charge is -2.10. The number of hydrogen-bond acceptors (Lipinski definition) is 4. The van der Waals surface area contributed by atoms with Crippen LogP contribution in [0.2, 0.25) is 0 Å². The summed E-state index contributed by atoms with van der Waals surface area (Å²) in [6.07, 6.45) is 5.06. The van der Waals surface area contributed by atoms with Gasteiger partial charge in [-0.3, -0.25) is 0 Å². The Morgan fingerprint density at radius 2 is 1.89 bits per heavy atom. The Labute approximate surface area is 114 Å². The number of rotatable bonds is 5. The van der Waals surface area contributed by atoms with Crippen LogP contribution in [0.1, 0.15) is 30.9 Å². The van der Waals surface area contributed by atoms with E-state index in [2.05, 4.69) is 46.5 Å². The highest BCUT2D eigenvalue weighted by Gasteiger charge is 2.04. The maximum Gasteiger partial charge on any atom is 0.138 e. The predicted molar refractivity (Wildman–Crippen MR) is 79.5 cm³/mol. The van der Waals surface area contributed by atoms with Crippen molar-refractivity contribution in [1.29, 1.82) is 0 Å². The molecule has 0 saturated heterocycles. The maximum atomic E-state index is 5.76. The summed E-state index contributed by atoms with van der Waals surface area (Å²) in [6, 6.07) is 8.45. The first-order chi connectivity index (χ1) is 9.20. The number of nitrogens with two attached hydrogens (primary N) is 1. The summed E-state index contributed by atoms with van der Waals surface area (Å²) in [5.74, 6) is 1.27. The lowest BCUT2D eigenvalue weighted by atomic mass is 10.1. The summed E-state index contributed by atoms with van der Waals surface area (Å²) >= 11 is 0. The molecule has 0 unspecified atom stereocenters. The van der Waals surface area contributed by atoms with Gasteiger partial charge in [0.2, 0.25) is 0 Å². The first kappa shape index (κ1) is 13.3. The zero-order valence-corrected chi connectivity index (χ0v) is 11.5. The molecule has 0 bridgehead atoms. The van der Waals surface area contributed by atoms with Crippen molar-refractivity contribution < 1.29 is 0 Å². The van der Waals surface area contributed by atoms with Gasteiger partial charge in [-0.15, -0.1) is 0 Å². The summed E-state index contributed by atoms with van der Waals surface area (Å²) in [7, 11) is 0. The molecular formula is C15H20N4. The Bertz CT molecular complexity index is 534. The van der Waals surface area contributed by atoms with E-state index in [1.807, 2.05) is 6.92 Å². The molecule has 1 aromatic heterocycles. The molecule has 4 nitrogen and oxygen atoms in total. The topological polar surface area (TPSA) is 63.8 Å². The van der Waals surface area contributed by atoms with E-state index in [1.54, 1.807) is 0 Å². The summed E-state index contributed by atoms with van der Waals surface area (Å²) in [4.78, 5) is 8.16. The number of nitrogens with zero attached hydrogens (tertiary/aromatic N) is 2. The number of nitrogens with one attached hydrogen (secondary N) is 1. The van der Waals surface area contributed by atoms with E-state index in [1.165, 1.54) is 24.7 Å². The van der Waals surface area contributed by atoms with Gasteiger partial charge in [-0.1, -0.05) is 25.5 Å². The van der Waals surface area contributed by atoms with Crippen molar-refractivity contribution in [3.05, 3.63) is 41.7 Å². The number of unbranched alkanes of at least 4 members (excludes halogenated alkanes) is 1. The normalized spacial score (nSPS) is 10.4. The van der Waals surface area contributed by atoms with Gasteiger partial charge >= 0.3 is 0 Å². The molecule has 0 fully saturated rings. The van der Waals surface area contributed by atoms with Gasteiger partial charge in [-0.05, 0) is 37.5 Å². The Morgan fingerprint density at radius 3 is 2.58 bits per heavy atom. The molecule has 0 aliphatic rings. The van der Waals surface area contributed by atoms with Crippen LogP contribution in [0, 0.1) is 6.92 Å².